The van der Waals surface area contributed by atoms with E-state index in [4.69, 9.17) is 0 Å². The summed E-state index contributed by atoms with van der Waals surface area (Å²) in [5, 5.41) is 10.5. The Morgan fingerprint density at radius 2 is 1.80 bits per heavy atom. The predicted octanol–water partition coefficient (Wildman–Crippen LogP) is 3.22. The van der Waals surface area contributed by atoms with Gasteiger partial charge in [-0.3, -0.25) is 4.79 Å². The van der Waals surface area contributed by atoms with Crippen molar-refractivity contribution in [3.8, 4) is 0 Å². The van der Waals surface area contributed by atoms with Gasteiger partial charge in [0.1, 0.15) is 0 Å². The van der Waals surface area contributed by atoms with Gasteiger partial charge in [-0.25, -0.2) is 0 Å². The third-order valence-corrected chi connectivity index (χ3v) is 5.95. The van der Waals surface area contributed by atoms with Crippen molar-refractivity contribution in [2.45, 2.75) is 64.1 Å². The molecule has 0 aromatic heterocycles. The van der Waals surface area contributed by atoms with Gasteiger partial charge in [0.2, 0.25) is 5.91 Å². The van der Waals surface area contributed by atoms with Crippen LogP contribution in [0.3, 0.4) is 0 Å². The molecule has 2 saturated heterocycles. The monoisotopic (exact) mass is 344 g/mol. The second kappa shape index (κ2) is 8.33. The molecule has 3 rings (SSSR count). The first kappa shape index (κ1) is 18.4. The van der Waals surface area contributed by atoms with Gasteiger partial charge in [-0.1, -0.05) is 30.3 Å². The van der Waals surface area contributed by atoms with Crippen molar-refractivity contribution in [3.05, 3.63) is 35.9 Å². The van der Waals surface area contributed by atoms with E-state index in [0.717, 1.165) is 50.9 Å². The number of aliphatic hydroxyl groups excluding tert-OH is 1. The maximum absolute atomic E-state index is 13.0. The van der Waals surface area contributed by atoms with E-state index in [2.05, 4.69) is 23.6 Å². The summed E-state index contributed by atoms with van der Waals surface area (Å²) in [6, 6.07) is 10.6. The molecule has 2 heterocycles. The third-order valence-electron chi connectivity index (χ3n) is 5.95. The van der Waals surface area contributed by atoms with Gasteiger partial charge in [-0.2, -0.15) is 0 Å². The van der Waals surface area contributed by atoms with Crippen LogP contribution in [0.5, 0.6) is 0 Å². The second-order valence-corrected chi connectivity index (χ2v) is 7.89. The van der Waals surface area contributed by atoms with Gasteiger partial charge in [0.05, 0.1) is 6.10 Å². The first-order valence-electron chi connectivity index (χ1n) is 9.83. The van der Waals surface area contributed by atoms with Crippen molar-refractivity contribution >= 4 is 5.91 Å². The lowest BCUT2D eigenvalue weighted by molar-refractivity contribution is -0.138. The number of carbonyl (C=O) groups is 1. The van der Waals surface area contributed by atoms with E-state index >= 15 is 0 Å². The highest BCUT2D eigenvalue weighted by atomic mass is 16.3. The van der Waals surface area contributed by atoms with Gasteiger partial charge < -0.3 is 14.9 Å². The zero-order valence-corrected chi connectivity index (χ0v) is 15.6. The van der Waals surface area contributed by atoms with E-state index in [9.17, 15) is 9.90 Å². The Morgan fingerprint density at radius 1 is 1.12 bits per heavy atom. The lowest BCUT2D eigenvalue weighted by Gasteiger charge is -2.37. The highest BCUT2D eigenvalue weighted by Gasteiger charge is 2.35. The fourth-order valence-electron chi connectivity index (χ4n) is 4.34. The Bertz CT molecular complexity index is 552. The van der Waals surface area contributed by atoms with Crippen molar-refractivity contribution in [2.75, 3.05) is 19.6 Å². The Balaban J connectivity index is 1.57. The Morgan fingerprint density at radius 3 is 2.44 bits per heavy atom. The minimum absolute atomic E-state index is 0.171. The Hall–Kier alpha value is -1.39. The molecule has 0 spiro atoms. The zero-order valence-electron chi connectivity index (χ0n) is 15.6. The number of hydrogen-bond donors (Lipinski definition) is 1. The maximum Gasteiger partial charge on any atom is 0.226 e. The number of amides is 1. The van der Waals surface area contributed by atoms with Gasteiger partial charge >= 0.3 is 0 Å². The van der Waals surface area contributed by atoms with Crippen molar-refractivity contribution in [2.24, 2.45) is 5.92 Å². The van der Waals surface area contributed by atoms with Crippen LogP contribution in [0, 0.1) is 5.92 Å². The molecule has 2 fully saturated rings. The summed E-state index contributed by atoms with van der Waals surface area (Å²) in [6.45, 7) is 7.36. The zero-order chi connectivity index (χ0) is 17.8. The molecule has 138 valence electrons. The summed E-state index contributed by atoms with van der Waals surface area (Å²) in [5.74, 6) is 0.496. The lowest BCUT2D eigenvalue weighted by atomic mass is 9.93. The van der Waals surface area contributed by atoms with E-state index in [0.29, 0.717) is 18.4 Å². The second-order valence-electron chi connectivity index (χ2n) is 7.89. The average Bonchev–Trinajstić information content (AvgIpc) is 3.10. The van der Waals surface area contributed by atoms with Crippen LogP contribution in [-0.2, 0) is 4.79 Å². The number of aliphatic hydroxyl groups is 1. The van der Waals surface area contributed by atoms with E-state index in [1.54, 1.807) is 0 Å². The van der Waals surface area contributed by atoms with E-state index in [-0.39, 0.29) is 12.0 Å². The molecule has 2 aliphatic heterocycles. The summed E-state index contributed by atoms with van der Waals surface area (Å²) < 4.78 is 0. The van der Waals surface area contributed by atoms with Crippen LogP contribution in [-0.4, -0.2) is 52.5 Å². The van der Waals surface area contributed by atoms with Crippen LogP contribution in [0.15, 0.2) is 30.3 Å². The SMILES string of the molecule is CC(C)N1CCC(C(=O)N2CCCC2CC(O)c2ccccc2)CC1. The fourth-order valence-corrected chi connectivity index (χ4v) is 4.34. The molecule has 0 bridgehead atoms. The first-order chi connectivity index (χ1) is 12.1. The first-order valence-corrected chi connectivity index (χ1v) is 9.83. The number of carbonyl (C=O) groups excluding carboxylic acids is 1. The van der Waals surface area contributed by atoms with Gasteiger partial charge in [0.15, 0.2) is 0 Å². The van der Waals surface area contributed by atoms with E-state index in [1.807, 2.05) is 30.3 Å². The number of likely N-dealkylation sites (tertiary alicyclic amines) is 2. The van der Waals surface area contributed by atoms with Gasteiger partial charge in [-0.15, -0.1) is 0 Å². The molecule has 1 aromatic carbocycles. The number of benzene rings is 1. The molecule has 1 aromatic rings. The van der Waals surface area contributed by atoms with Gasteiger partial charge in [0.25, 0.3) is 0 Å². The molecule has 2 unspecified atom stereocenters. The molecule has 1 N–H and O–H groups in total. The predicted molar refractivity (Wildman–Crippen MR) is 100 cm³/mol. The van der Waals surface area contributed by atoms with Crippen molar-refractivity contribution in [3.63, 3.8) is 0 Å². The van der Waals surface area contributed by atoms with Crippen molar-refractivity contribution in [1.82, 2.24) is 9.80 Å². The molecule has 0 saturated carbocycles. The quantitative estimate of drug-likeness (QED) is 0.892. The minimum Gasteiger partial charge on any atom is -0.388 e. The average molecular weight is 344 g/mol. The van der Waals surface area contributed by atoms with Crippen LogP contribution in [0.4, 0.5) is 0 Å². The van der Waals surface area contributed by atoms with Crippen LogP contribution in [0.25, 0.3) is 0 Å². The fraction of sp³-hybridized carbons (Fsp3) is 0.667. The van der Waals surface area contributed by atoms with Gasteiger partial charge in [0, 0.05) is 24.5 Å². The summed E-state index contributed by atoms with van der Waals surface area (Å²) in [4.78, 5) is 17.6. The Labute approximate surface area is 151 Å². The molecular formula is C21H32N2O2. The van der Waals surface area contributed by atoms with Gasteiger partial charge in [-0.05, 0) is 64.6 Å². The number of nitrogens with zero attached hydrogens (tertiary/aromatic N) is 2. The lowest BCUT2D eigenvalue weighted by Crippen LogP contribution is -2.46. The number of hydrogen-bond acceptors (Lipinski definition) is 3. The molecular weight excluding hydrogens is 312 g/mol. The third kappa shape index (κ3) is 4.42. The Kier molecular flexibility index (Phi) is 6.13. The molecule has 4 heteroatoms. The largest absolute Gasteiger partial charge is 0.388 e. The molecule has 2 atom stereocenters. The topological polar surface area (TPSA) is 43.8 Å². The summed E-state index contributed by atoms with van der Waals surface area (Å²) in [6.07, 6.45) is 4.19. The van der Waals surface area contributed by atoms with E-state index in [1.165, 1.54) is 0 Å². The van der Waals surface area contributed by atoms with Crippen molar-refractivity contribution in [1.29, 1.82) is 0 Å². The maximum atomic E-state index is 13.0. The standard InChI is InChI=1S/C21H32N2O2/c1-16(2)22-13-10-18(11-14-22)21(25)23-12-6-9-19(23)15-20(24)17-7-4-3-5-8-17/h3-5,7-8,16,18-20,24H,6,9-15H2,1-2H3. The van der Waals surface area contributed by atoms with Crippen molar-refractivity contribution < 1.29 is 9.90 Å². The summed E-state index contributed by atoms with van der Waals surface area (Å²) in [7, 11) is 0. The molecule has 0 aliphatic carbocycles. The van der Waals surface area contributed by atoms with E-state index < -0.39 is 6.10 Å². The highest BCUT2D eigenvalue weighted by Crippen LogP contribution is 2.30. The van der Waals surface area contributed by atoms with Crippen LogP contribution in [0.1, 0.15) is 57.6 Å². The minimum atomic E-state index is -0.484. The molecule has 1 amide bonds. The normalized spacial score (nSPS) is 24.0. The molecule has 2 aliphatic rings. The molecule has 4 nitrogen and oxygen atoms in total. The van der Waals surface area contributed by atoms with Crippen LogP contribution >= 0.6 is 0 Å². The summed E-state index contributed by atoms with van der Waals surface area (Å²) >= 11 is 0. The van der Waals surface area contributed by atoms with Crippen LogP contribution in [0.2, 0.25) is 0 Å². The summed E-state index contributed by atoms with van der Waals surface area (Å²) in [5.41, 5.74) is 0.951. The number of rotatable bonds is 5. The van der Waals surface area contributed by atoms with Crippen LogP contribution < -0.4 is 0 Å². The molecule has 25 heavy (non-hydrogen) atoms. The molecule has 0 radical (unpaired) electrons. The smallest absolute Gasteiger partial charge is 0.226 e. The number of piperidine rings is 1. The highest BCUT2D eigenvalue weighted by molar-refractivity contribution is 5.79.